The van der Waals surface area contributed by atoms with Crippen molar-refractivity contribution >= 4 is 23.2 Å². The summed E-state index contributed by atoms with van der Waals surface area (Å²) in [5, 5.41) is 3.04. The largest absolute Gasteiger partial charge is 0.326 e. The predicted molar refractivity (Wildman–Crippen MR) is 113 cm³/mol. The van der Waals surface area contributed by atoms with Crippen molar-refractivity contribution in [3.63, 3.8) is 0 Å². The number of rotatable bonds is 3. The molecule has 2 aromatic rings. The fourth-order valence-electron chi connectivity index (χ4n) is 4.38. The molecule has 4 heteroatoms. The van der Waals surface area contributed by atoms with Gasteiger partial charge in [-0.3, -0.25) is 9.59 Å². The van der Waals surface area contributed by atoms with Crippen LogP contribution >= 0.6 is 0 Å². The maximum Gasteiger partial charge on any atom is 0.258 e. The number of anilines is 2. The van der Waals surface area contributed by atoms with Crippen LogP contribution in [-0.4, -0.2) is 18.4 Å². The summed E-state index contributed by atoms with van der Waals surface area (Å²) in [4.78, 5) is 27.4. The van der Waals surface area contributed by atoms with Crippen LogP contribution in [0.15, 0.2) is 48.5 Å². The van der Waals surface area contributed by atoms with Crippen molar-refractivity contribution in [1.82, 2.24) is 0 Å². The van der Waals surface area contributed by atoms with Gasteiger partial charge in [-0.25, -0.2) is 0 Å². The molecule has 0 aromatic heterocycles. The van der Waals surface area contributed by atoms with Gasteiger partial charge in [-0.2, -0.15) is 0 Å². The Morgan fingerprint density at radius 1 is 0.857 bits per heavy atom. The number of hydrogen-bond donors (Lipinski definition) is 1. The molecular formula is C24H28N2O2. The number of nitrogens with one attached hydrogen (secondary N) is 1. The smallest absolute Gasteiger partial charge is 0.258 e. The van der Waals surface area contributed by atoms with Crippen LogP contribution in [0.25, 0.3) is 0 Å². The van der Waals surface area contributed by atoms with E-state index in [0.29, 0.717) is 5.56 Å². The number of benzene rings is 2. The van der Waals surface area contributed by atoms with Crippen LogP contribution in [0, 0.1) is 5.92 Å². The summed E-state index contributed by atoms with van der Waals surface area (Å²) < 4.78 is 0. The molecule has 0 saturated heterocycles. The Morgan fingerprint density at radius 3 is 2.32 bits per heavy atom. The van der Waals surface area contributed by atoms with Gasteiger partial charge in [0.15, 0.2) is 0 Å². The molecule has 1 N–H and O–H groups in total. The van der Waals surface area contributed by atoms with Crippen molar-refractivity contribution in [2.75, 3.05) is 16.8 Å². The molecule has 0 spiro atoms. The number of para-hydroxylation sites is 1. The third-order valence-electron chi connectivity index (χ3n) is 5.98. The molecular weight excluding hydrogens is 348 g/mol. The first-order chi connectivity index (χ1) is 13.7. The lowest BCUT2D eigenvalue weighted by Gasteiger charge is -2.29. The molecule has 2 amide bonds. The zero-order valence-electron chi connectivity index (χ0n) is 16.3. The molecule has 4 nitrogen and oxygen atoms in total. The molecule has 146 valence electrons. The lowest BCUT2D eigenvalue weighted by atomic mass is 9.99. The minimum Gasteiger partial charge on any atom is -0.326 e. The maximum atomic E-state index is 13.0. The number of carbonyl (C=O) groups excluding carboxylic acids is 2. The fraction of sp³-hybridized carbons (Fsp3) is 0.417. The Morgan fingerprint density at radius 2 is 1.57 bits per heavy atom. The Balaban J connectivity index is 1.43. The van der Waals surface area contributed by atoms with Crippen molar-refractivity contribution in [2.24, 2.45) is 5.92 Å². The molecule has 1 aliphatic carbocycles. The second-order valence-electron chi connectivity index (χ2n) is 7.94. The highest BCUT2D eigenvalue weighted by atomic mass is 16.2. The van der Waals surface area contributed by atoms with E-state index in [9.17, 15) is 9.59 Å². The number of fused-ring (bicyclic) bond motifs is 1. The second kappa shape index (κ2) is 8.59. The summed E-state index contributed by atoms with van der Waals surface area (Å²) in [5.74, 6) is 0.258. The van der Waals surface area contributed by atoms with Gasteiger partial charge in [0, 0.05) is 29.4 Å². The Bertz CT molecular complexity index is 836. The van der Waals surface area contributed by atoms with Gasteiger partial charge in [0.2, 0.25) is 5.91 Å². The van der Waals surface area contributed by atoms with Crippen LogP contribution in [-0.2, 0) is 11.2 Å². The summed E-state index contributed by atoms with van der Waals surface area (Å²) in [6.45, 7) is 0.746. The summed E-state index contributed by atoms with van der Waals surface area (Å²) in [5.41, 5.74) is 3.67. The highest BCUT2D eigenvalue weighted by Crippen LogP contribution is 2.28. The van der Waals surface area contributed by atoms with E-state index in [1.807, 2.05) is 47.4 Å². The molecule has 0 unspecified atom stereocenters. The molecule has 0 bridgehead atoms. The highest BCUT2D eigenvalue weighted by Gasteiger charge is 2.24. The third kappa shape index (κ3) is 4.11. The molecule has 2 aliphatic rings. The first-order valence-corrected chi connectivity index (χ1v) is 10.5. The normalized spacial score (nSPS) is 17.5. The maximum absolute atomic E-state index is 13.0. The van der Waals surface area contributed by atoms with Crippen LogP contribution in [0.5, 0.6) is 0 Å². The lowest BCUT2D eigenvalue weighted by Crippen LogP contribution is -2.35. The van der Waals surface area contributed by atoms with Crippen molar-refractivity contribution < 1.29 is 9.59 Å². The van der Waals surface area contributed by atoms with E-state index in [2.05, 4.69) is 11.4 Å². The number of aryl methyl sites for hydroxylation is 1. The van der Waals surface area contributed by atoms with E-state index in [-0.39, 0.29) is 17.7 Å². The van der Waals surface area contributed by atoms with Crippen LogP contribution in [0.2, 0.25) is 0 Å². The first kappa shape index (κ1) is 18.7. The van der Waals surface area contributed by atoms with Crippen molar-refractivity contribution in [3.05, 3.63) is 59.7 Å². The average molecular weight is 377 g/mol. The standard InChI is InChI=1S/C24H28N2O2/c27-23(19-9-3-1-2-4-10-19)25-21-15-13-20(14-16-21)24(28)26-17-7-11-18-8-5-6-12-22(18)26/h5-6,8,12-16,19H,1-4,7,9-11,17H2,(H,25,27). The van der Waals surface area contributed by atoms with Gasteiger partial charge >= 0.3 is 0 Å². The molecule has 1 fully saturated rings. The van der Waals surface area contributed by atoms with Crippen LogP contribution < -0.4 is 10.2 Å². The molecule has 0 radical (unpaired) electrons. The fourth-order valence-corrected chi connectivity index (χ4v) is 4.38. The summed E-state index contributed by atoms with van der Waals surface area (Å²) in [6, 6.07) is 15.5. The number of amides is 2. The van der Waals surface area contributed by atoms with Gasteiger partial charge in [0.1, 0.15) is 0 Å². The van der Waals surface area contributed by atoms with Gasteiger partial charge in [0.25, 0.3) is 5.91 Å². The van der Waals surface area contributed by atoms with E-state index in [1.165, 1.54) is 18.4 Å². The van der Waals surface area contributed by atoms with E-state index >= 15 is 0 Å². The van der Waals surface area contributed by atoms with E-state index in [4.69, 9.17) is 0 Å². The summed E-state index contributed by atoms with van der Waals surface area (Å²) in [6.07, 6.45) is 8.73. The quantitative estimate of drug-likeness (QED) is 0.750. The molecule has 0 atom stereocenters. The van der Waals surface area contributed by atoms with Gasteiger partial charge < -0.3 is 10.2 Å². The first-order valence-electron chi connectivity index (χ1n) is 10.5. The summed E-state index contributed by atoms with van der Waals surface area (Å²) >= 11 is 0. The second-order valence-corrected chi connectivity index (χ2v) is 7.94. The van der Waals surface area contributed by atoms with Gasteiger partial charge in [-0.1, -0.05) is 43.9 Å². The minimum atomic E-state index is 0.0220. The Kier molecular flexibility index (Phi) is 5.75. The SMILES string of the molecule is O=C(Nc1ccc(C(=O)N2CCCc3ccccc32)cc1)C1CCCCCC1. The Labute approximate surface area is 166 Å². The number of hydrogen-bond acceptors (Lipinski definition) is 2. The van der Waals surface area contributed by atoms with Gasteiger partial charge in [0.05, 0.1) is 0 Å². The molecule has 2 aromatic carbocycles. The van der Waals surface area contributed by atoms with E-state index in [0.717, 1.165) is 56.4 Å². The molecule has 28 heavy (non-hydrogen) atoms. The monoisotopic (exact) mass is 376 g/mol. The van der Waals surface area contributed by atoms with Crippen LogP contribution in [0.4, 0.5) is 11.4 Å². The molecule has 4 rings (SSSR count). The number of carbonyl (C=O) groups is 2. The van der Waals surface area contributed by atoms with Gasteiger partial charge in [-0.15, -0.1) is 0 Å². The van der Waals surface area contributed by atoms with E-state index < -0.39 is 0 Å². The van der Waals surface area contributed by atoms with Crippen molar-refractivity contribution in [1.29, 1.82) is 0 Å². The minimum absolute atomic E-state index is 0.0220. The predicted octanol–water partition coefficient (Wildman–Crippen LogP) is 5.19. The molecule has 1 heterocycles. The average Bonchev–Trinajstić information content (AvgIpc) is 3.03. The summed E-state index contributed by atoms with van der Waals surface area (Å²) in [7, 11) is 0. The third-order valence-corrected chi connectivity index (χ3v) is 5.98. The van der Waals surface area contributed by atoms with Gasteiger partial charge in [-0.05, 0) is 61.6 Å². The molecule has 1 aliphatic heterocycles. The topological polar surface area (TPSA) is 49.4 Å². The van der Waals surface area contributed by atoms with Crippen molar-refractivity contribution in [3.8, 4) is 0 Å². The van der Waals surface area contributed by atoms with E-state index in [1.54, 1.807) is 0 Å². The zero-order valence-corrected chi connectivity index (χ0v) is 16.3. The van der Waals surface area contributed by atoms with Crippen molar-refractivity contribution in [2.45, 2.75) is 51.4 Å². The highest BCUT2D eigenvalue weighted by molar-refractivity contribution is 6.07. The lowest BCUT2D eigenvalue weighted by molar-refractivity contribution is -0.120. The van der Waals surface area contributed by atoms with Crippen LogP contribution in [0.3, 0.4) is 0 Å². The molecule has 1 saturated carbocycles. The zero-order chi connectivity index (χ0) is 19.3. The Hall–Kier alpha value is -2.62. The number of nitrogens with zero attached hydrogens (tertiary/aromatic N) is 1. The van der Waals surface area contributed by atoms with Crippen LogP contribution in [0.1, 0.15) is 60.9 Å².